The molecular weight excluding hydrogens is 458 g/mol. The van der Waals surface area contributed by atoms with Gasteiger partial charge in [-0.1, -0.05) is 6.07 Å². The van der Waals surface area contributed by atoms with Crippen LogP contribution < -0.4 is 10.1 Å². The van der Waals surface area contributed by atoms with Crippen LogP contribution in [0.4, 0.5) is 5.69 Å². The van der Waals surface area contributed by atoms with Crippen molar-refractivity contribution in [3.63, 3.8) is 0 Å². The van der Waals surface area contributed by atoms with Gasteiger partial charge in [0.15, 0.2) is 5.78 Å². The summed E-state index contributed by atoms with van der Waals surface area (Å²) in [6.45, 7) is 2.42. The van der Waals surface area contributed by atoms with Gasteiger partial charge < -0.3 is 20.3 Å². The zero-order valence-electron chi connectivity index (χ0n) is 18.1. The number of aromatic carboxylic acids is 2. The molecule has 0 aromatic heterocycles. The molecule has 0 saturated heterocycles. The first-order valence-corrected chi connectivity index (χ1v) is 11.2. The molecule has 0 fully saturated rings. The SMILES string of the molecule is CCOc1ccc(C(=O)CSc2cccc(NC(=O)c3ccc(C(=O)O)cc3C(=O)O)c2)cc1. The molecule has 3 aromatic carbocycles. The molecule has 0 aliphatic heterocycles. The molecule has 3 N–H and O–H groups in total. The van der Waals surface area contributed by atoms with E-state index in [-0.39, 0.29) is 22.7 Å². The van der Waals surface area contributed by atoms with Crippen LogP contribution in [0.1, 0.15) is 48.4 Å². The number of nitrogens with one attached hydrogen (secondary N) is 1. The highest BCUT2D eigenvalue weighted by atomic mass is 32.2. The Hall–Kier alpha value is -4.11. The quantitative estimate of drug-likeness (QED) is 0.282. The summed E-state index contributed by atoms with van der Waals surface area (Å²) in [5, 5.41) is 21.0. The van der Waals surface area contributed by atoms with Gasteiger partial charge in [-0.25, -0.2) is 9.59 Å². The summed E-state index contributed by atoms with van der Waals surface area (Å²) >= 11 is 1.30. The van der Waals surface area contributed by atoms with Crippen molar-refractivity contribution in [2.75, 3.05) is 17.7 Å². The van der Waals surface area contributed by atoms with Crippen LogP contribution in [0.15, 0.2) is 71.6 Å². The van der Waals surface area contributed by atoms with Crippen LogP contribution in [-0.4, -0.2) is 46.2 Å². The number of carbonyl (C=O) groups is 4. The monoisotopic (exact) mass is 479 g/mol. The third-order valence-corrected chi connectivity index (χ3v) is 5.68. The van der Waals surface area contributed by atoms with Crippen molar-refractivity contribution in [1.29, 1.82) is 0 Å². The van der Waals surface area contributed by atoms with Crippen molar-refractivity contribution in [1.82, 2.24) is 0 Å². The van der Waals surface area contributed by atoms with E-state index in [2.05, 4.69) is 5.32 Å². The van der Waals surface area contributed by atoms with E-state index in [1.165, 1.54) is 17.8 Å². The van der Waals surface area contributed by atoms with Gasteiger partial charge in [-0.15, -0.1) is 11.8 Å². The fourth-order valence-corrected chi connectivity index (χ4v) is 3.90. The highest BCUT2D eigenvalue weighted by molar-refractivity contribution is 8.00. The molecule has 0 saturated carbocycles. The lowest BCUT2D eigenvalue weighted by molar-refractivity contribution is 0.0692. The van der Waals surface area contributed by atoms with Crippen molar-refractivity contribution >= 4 is 41.1 Å². The number of thioether (sulfide) groups is 1. The molecule has 34 heavy (non-hydrogen) atoms. The Kier molecular flexibility index (Phi) is 8.05. The number of hydrogen-bond acceptors (Lipinski definition) is 6. The minimum Gasteiger partial charge on any atom is -0.494 e. The predicted octanol–water partition coefficient (Wildman–Crippen LogP) is 4.71. The maximum Gasteiger partial charge on any atom is 0.336 e. The predicted molar refractivity (Wildman–Crippen MR) is 127 cm³/mol. The van der Waals surface area contributed by atoms with Crippen molar-refractivity contribution in [2.45, 2.75) is 11.8 Å². The lowest BCUT2D eigenvalue weighted by Crippen LogP contribution is -2.17. The lowest BCUT2D eigenvalue weighted by atomic mass is 10.0. The zero-order valence-corrected chi connectivity index (χ0v) is 18.9. The van der Waals surface area contributed by atoms with Crippen LogP contribution in [0.5, 0.6) is 5.75 Å². The smallest absolute Gasteiger partial charge is 0.336 e. The summed E-state index contributed by atoms with van der Waals surface area (Å²) in [7, 11) is 0. The molecule has 3 rings (SSSR count). The van der Waals surface area contributed by atoms with Crippen LogP contribution in [0.3, 0.4) is 0 Å². The number of ether oxygens (including phenoxy) is 1. The van der Waals surface area contributed by atoms with Gasteiger partial charge >= 0.3 is 11.9 Å². The van der Waals surface area contributed by atoms with E-state index < -0.39 is 23.4 Å². The van der Waals surface area contributed by atoms with Gasteiger partial charge in [0.1, 0.15) is 5.75 Å². The first kappa shape index (κ1) is 24.5. The van der Waals surface area contributed by atoms with Gasteiger partial charge in [0.25, 0.3) is 5.91 Å². The number of carboxylic acids is 2. The molecule has 8 nitrogen and oxygen atoms in total. The number of carbonyl (C=O) groups excluding carboxylic acids is 2. The molecular formula is C25H21NO7S. The van der Waals surface area contributed by atoms with E-state index in [1.807, 2.05) is 6.92 Å². The van der Waals surface area contributed by atoms with Gasteiger partial charge in [-0.2, -0.15) is 0 Å². The number of rotatable bonds is 10. The topological polar surface area (TPSA) is 130 Å². The van der Waals surface area contributed by atoms with Crippen molar-refractivity contribution in [3.8, 4) is 5.75 Å². The van der Waals surface area contributed by atoms with Crippen LogP contribution in [0, 0.1) is 0 Å². The molecule has 0 aliphatic rings. The molecule has 3 aromatic rings. The number of Topliss-reactive ketones (excluding diaryl/α,β-unsaturated/α-hetero) is 1. The van der Waals surface area contributed by atoms with E-state index >= 15 is 0 Å². The summed E-state index contributed by atoms with van der Waals surface area (Å²) in [5.74, 6) is -2.58. The standard InChI is InChI=1S/C25H21NO7S/c1-2-33-18-9-6-15(7-10-18)22(27)14-34-19-5-3-4-17(13-19)26-23(28)20-11-8-16(24(29)30)12-21(20)25(31)32/h3-13H,2,14H2,1H3,(H,26,28)(H,29,30)(H,31,32). The number of amides is 1. The normalized spacial score (nSPS) is 10.4. The van der Waals surface area contributed by atoms with E-state index in [1.54, 1.807) is 48.5 Å². The fourth-order valence-electron chi connectivity index (χ4n) is 3.05. The second-order valence-electron chi connectivity index (χ2n) is 7.02. The summed E-state index contributed by atoms with van der Waals surface area (Å²) < 4.78 is 5.37. The molecule has 9 heteroatoms. The van der Waals surface area contributed by atoms with Gasteiger partial charge in [-0.3, -0.25) is 9.59 Å². The average molecular weight is 480 g/mol. The highest BCUT2D eigenvalue weighted by Crippen LogP contribution is 2.24. The molecule has 0 aliphatic carbocycles. The third kappa shape index (κ3) is 6.23. The van der Waals surface area contributed by atoms with Gasteiger partial charge in [0.05, 0.1) is 29.1 Å². The summed E-state index contributed by atoms with van der Waals surface area (Å²) in [5.41, 5.74) is 0.156. The van der Waals surface area contributed by atoms with Gasteiger partial charge in [0.2, 0.25) is 0 Å². The van der Waals surface area contributed by atoms with Crippen LogP contribution in [0.25, 0.3) is 0 Å². The van der Waals surface area contributed by atoms with Gasteiger partial charge in [0, 0.05) is 16.1 Å². The largest absolute Gasteiger partial charge is 0.494 e. The molecule has 0 heterocycles. The minimum absolute atomic E-state index is 0.0629. The van der Waals surface area contributed by atoms with Crippen LogP contribution in [0.2, 0.25) is 0 Å². The molecule has 1 amide bonds. The molecule has 0 radical (unpaired) electrons. The lowest BCUT2D eigenvalue weighted by Gasteiger charge is -2.10. The van der Waals surface area contributed by atoms with E-state index in [4.69, 9.17) is 9.84 Å². The van der Waals surface area contributed by atoms with E-state index in [0.717, 1.165) is 17.0 Å². The number of carboxylic acid groups (broad SMARTS) is 2. The Morgan fingerprint density at radius 2 is 1.56 bits per heavy atom. The maximum absolute atomic E-state index is 12.7. The number of benzene rings is 3. The van der Waals surface area contributed by atoms with E-state index in [0.29, 0.717) is 23.6 Å². The summed E-state index contributed by atoms with van der Waals surface area (Å²) in [6, 6.07) is 17.0. The number of ketones is 1. The van der Waals surface area contributed by atoms with Crippen molar-refractivity contribution < 1.29 is 34.1 Å². The first-order chi connectivity index (χ1) is 16.3. The second-order valence-corrected chi connectivity index (χ2v) is 8.07. The molecule has 0 unspecified atom stereocenters. The Labute approximate surface area is 199 Å². The molecule has 0 spiro atoms. The minimum atomic E-state index is -1.41. The Balaban J connectivity index is 1.67. The Morgan fingerprint density at radius 3 is 2.21 bits per heavy atom. The van der Waals surface area contributed by atoms with E-state index in [9.17, 15) is 24.3 Å². The van der Waals surface area contributed by atoms with Crippen molar-refractivity contribution in [2.24, 2.45) is 0 Å². The average Bonchev–Trinajstić information content (AvgIpc) is 2.83. The highest BCUT2D eigenvalue weighted by Gasteiger charge is 2.19. The number of anilines is 1. The Bertz CT molecular complexity index is 1240. The van der Waals surface area contributed by atoms with Crippen LogP contribution in [-0.2, 0) is 0 Å². The summed E-state index contributed by atoms with van der Waals surface area (Å²) in [4.78, 5) is 48.5. The number of hydrogen-bond donors (Lipinski definition) is 3. The van der Waals surface area contributed by atoms with Crippen molar-refractivity contribution in [3.05, 3.63) is 89.0 Å². The maximum atomic E-state index is 12.7. The third-order valence-electron chi connectivity index (χ3n) is 4.69. The summed E-state index contributed by atoms with van der Waals surface area (Å²) in [6.07, 6.45) is 0. The van der Waals surface area contributed by atoms with Crippen LogP contribution >= 0.6 is 11.8 Å². The second kappa shape index (κ2) is 11.2. The Morgan fingerprint density at radius 1 is 0.853 bits per heavy atom. The molecule has 0 atom stereocenters. The molecule has 174 valence electrons. The van der Waals surface area contributed by atoms with Gasteiger partial charge in [-0.05, 0) is 67.6 Å². The first-order valence-electron chi connectivity index (χ1n) is 10.2. The fraction of sp³-hybridized carbons (Fsp3) is 0.120. The zero-order chi connectivity index (χ0) is 24.7. The molecule has 0 bridgehead atoms.